The molecule has 3 heteroatoms. The van der Waals surface area contributed by atoms with E-state index in [-0.39, 0.29) is 5.82 Å². The first-order valence-corrected chi connectivity index (χ1v) is 6.99. The van der Waals surface area contributed by atoms with Crippen LogP contribution in [0, 0.1) is 5.82 Å². The van der Waals surface area contributed by atoms with Crippen LogP contribution >= 0.6 is 0 Å². The molecule has 0 N–H and O–H groups in total. The first kappa shape index (κ1) is 13.1. The average Bonchev–Trinajstić information content (AvgIpc) is 2.86. The molecule has 1 aliphatic heterocycles. The summed E-state index contributed by atoms with van der Waals surface area (Å²) in [5, 5.41) is 0. The molecule has 1 heterocycles. The number of hydrogen-bond donors (Lipinski definition) is 0. The van der Waals surface area contributed by atoms with Crippen LogP contribution in [-0.2, 0) is 13.1 Å². The number of fused-ring (bicyclic) bond motifs is 1. The van der Waals surface area contributed by atoms with Crippen molar-refractivity contribution in [1.82, 2.24) is 4.90 Å². The fourth-order valence-corrected chi connectivity index (χ4v) is 2.59. The van der Waals surface area contributed by atoms with Crippen molar-refractivity contribution < 1.29 is 9.13 Å². The molecular weight excluding hydrogens is 253 g/mol. The lowest BCUT2D eigenvalue weighted by atomic mass is 10.1. The van der Waals surface area contributed by atoms with Gasteiger partial charge in [0.15, 0.2) is 0 Å². The van der Waals surface area contributed by atoms with Gasteiger partial charge in [0.25, 0.3) is 0 Å². The number of ether oxygens (including phenoxy) is 1. The highest BCUT2D eigenvalue weighted by molar-refractivity contribution is 5.30. The molecule has 0 fully saturated rings. The molecule has 0 aliphatic carbocycles. The zero-order valence-electron chi connectivity index (χ0n) is 11.4. The molecule has 104 valence electrons. The normalized spacial score (nSPS) is 14.2. The minimum absolute atomic E-state index is 0.141. The molecule has 0 amide bonds. The van der Waals surface area contributed by atoms with E-state index in [2.05, 4.69) is 4.90 Å². The molecule has 0 spiro atoms. The van der Waals surface area contributed by atoms with Gasteiger partial charge in [-0.05, 0) is 41.8 Å². The third-order valence-electron chi connectivity index (χ3n) is 3.59. The van der Waals surface area contributed by atoms with Gasteiger partial charge in [-0.1, -0.05) is 24.3 Å². The Kier molecular flexibility index (Phi) is 3.97. The summed E-state index contributed by atoms with van der Waals surface area (Å²) < 4.78 is 18.8. The molecule has 1 aliphatic rings. The van der Waals surface area contributed by atoms with Crippen molar-refractivity contribution in [3.63, 3.8) is 0 Å². The van der Waals surface area contributed by atoms with Crippen molar-refractivity contribution in [1.29, 1.82) is 0 Å². The van der Waals surface area contributed by atoms with Crippen molar-refractivity contribution in [2.45, 2.75) is 19.5 Å². The van der Waals surface area contributed by atoms with E-state index in [1.54, 1.807) is 12.1 Å². The Morgan fingerprint density at radius 3 is 2.65 bits per heavy atom. The van der Waals surface area contributed by atoms with Crippen molar-refractivity contribution >= 4 is 0 Å². The van der Waals surface area contributed by atoms with Crippen LogP contribution in [0.15, 0.2) is 48.5 Å². The highest BCUT2D eigenvalue weighted by atomic mass is 19.1. The molecule has 0 saturated carbocycles. The summed E-state index contributed by atoms with van der Waals surface area (Å²) >= 11 is 0. The van der Waals surface area contributed by atoms with Crippen LogP contribution in [0.2, 0.25) is 0 Å². The second-order valence-corrected chi connectivity index (χ2v) is 5.14. The maximum absolute atomic E-state index is 13.1. The summed E-state index contributed by atoms with van der Waals surface area (Å²) in [5.41, 5.74) is 2.37. The first-order valence-electron chi connectivity index (χ1n) is 6.99. The summed E-state index contributed by atoms with van der Waals surface area (Å²) in [6, 6.07) is 14.9. The number of nitrogens with zero attached hydrogens (tertiary/aromatic N) is 1. The molecule has 2 aromatic carbocycles. The Labute approximate surface area is 118 Å². The zero-order chi connectivity index (χ0) is 13.8. The molecule has 2 aromatic rings. The van der Waals surface area contributed by atoms with Gasteiger partial charge >= 0.3 is 0 Å². The van der Waals surface area contributed by atoms with Gasteiger partial charge in [-0.25, -0.2) is 4.39 Å². The van der Waals surface area contributed by atoms with Crippen LogP contribution in [0.4, 0.5) is 4.39 Å². The molecule has 3 rings (SSSR count). The van der Waals surface area contributed by atoms with Crippen molar-refractivity contribution in [2.75, 3.05) is 13.2 Å². The minimum Gasteiger partial charge on any atom is -0.494 e. The molecule has 0 radical (unpaired) electrons. The fraction of sp³-hybridized carbons (Fsp3) is 0.294. The largest absolute Gasteiger partial charge is 0.494 e. The van der Waals surface area contributed by atoms with E-state index in [4.69, 9.17) is 4.74 Å². The molecule has 0 aromatic heterocycles. The Morgan fingerprint density at radius 2 is 1.80 bits per heavy atom. The van der Waals surface area contributed by atoms with Gasteiger partial charge in [-0.3, -0.25) is 4.90 Å². The topological polar surface area (TPSA) is 12.5 Å². The zero-order valence-corrected chi connectivity index (χ0v) is 11.4. The average molecular weight is 271 g/mol. The second kappa shape index (κ2) is 6.06. The lowest BCUT2D eigenvalue weighted by molar-refractivity contribution is 0.238. The Bertz CT molecular complexity index is 570. The molecule has 0 atom stereocenters. The second-order valence-electron chi connectivity index (χ2n) is 5.14. The summed E-state index contributed by atoms with van der Waals surface area (Å²) in [6.07, 6.45) is 0.978. The van der Waals surface area contributed by atoms with Gasteiger partial charge < -0.3 is 4.74 Å². The van der Waals surface area contributed by atoms with Crippen LogP contribution in [-0.4, -0.2) is 18.1 Å². The maximum Gasteiger partial charge on any atom is 0.123 e. The molecular formula is C17H18FNO. The van der Waals surface area contributed by atoms with Crippen LogP contribution in [0.5, 0.6) is 5.75 Å². The van der Waals surface area contributed by atoms with Gasteiger partial charge in [0.1, 0.15) is 11.6 Å². The van der Waals surface area contributed by atoms with Crippen molar-refractivity contribution in [3.05, 3.63) is 65.5 Å². The quantitative estimate of drug-likeness (QED) is 0.770. The van der Waals surface area contributed by atoms with E-state index in [9.17, 15) is 4.39 Å². The molecule has 0 bridgehead atoms. The number of hydrogen-bond acceptors (Lipinski definition) is 2. The summed E-state index contributed by atoms with van der Waals surface area (Å²) in [5.74, 6) is 0.775. The SMILES string of the molecule is Fc1ccc2c(c1)CN(CCCOc1ccccc1)C2. The van der Waals surface area contributed by atoms with Gasteiger partial charge in [0.05, 0.1) is 6.61 Å². The number of rotatable bonds is 5. The van der Waals surface area contributed by atoms with Gasteiger partial charge in [-0.15, -0.1) is 0 Å². The maximum atomic E-state index is 13.1. The lowest BCUT2D eigenvalue weighted by Gasteiger charge is -2.14. The van der Waals surface area contributed by atoms with Gasteiger partial charge in [-0.2, -0.15) is 0 Å². The molecule has 20 heavy (non-hydrogen) atoms. The van der Waals surface area contributed by atoms with E-state index in [1.807, 2.05) is 36.4 Å². The third-order valence-corrected chi connectivity index (χ3v) is 3.59. The highest BCUT2D eigenvalue weighted by Gasteiger charge is 2.18. The highest BCUT2D eigenvalue weighted by Crippen LogP contribution is 2.23. The van der Waals surface area contributed by atoms with E-state index in [0.717, 1.165) is 37.4 Å². The molecule has 0 unspecified atom stereocenters. The van der Waals surface area contributed by atoms with E-state index in [1.165, 1.54) is 5.56 Å². The van der Waals surface area contributed by atoms with Crippen LogP contribution in [0.1, 0.15) is 17.5 Å². The van der Waals surface area contributed by atoms with E-state index < -0.39 is 0 Å². The van der Waals surface area contributed by atoms with E-state index >= 15 is 0 Å². The number of para-hydroxylation sites is 1. The van der Waals surface area contributed by atoms with Crippen LogP contribution in [0.25, 0.3) is 0 Å². The molecule has 2 nitrogen and oxygen atoms in total. The third kappa shape index (κ3) is 3.17. The minimum atomic E-state index is -0.141. The van der Waals surface area contributed by atoms with Crippen LogP contribution in [0.3, 0.4) is 0 Å². The molecule has 0 saturated heterocycles. The summed E-state index contributed by atoms with van der Waals surface area (Å²) in [7, 11) is 0. The Hall–Kier alpha value is -1.87. The van der Waals surface area contributed by atoms with Crippen molar-refractivity contribution in [3.8, 4) is 5.75 Å². The number of benzene rings is 2. The van der Waals surface area contributed by atoms with Crippen molar-refractivity contribution in [2.24, 2.45) is 0 Å². The van der Waals surface area contributed by atoms with E-state index in [0.29, 0.717) is 6.61 Å². The number of halogens is 1. The lowest BCUT2D eigenvalue weighted by Crippen LogP contribution is -2.19. The van der Waals surface area contributed by atoms with Crippen LogP contribution < -0.4 is 4.74 Å². The predicted octanol–water partition coefficient (Wildman–Crippen LogP) is 3.61. The standard InChI is InChI=1S/C17H18FNO/c18-16-8-7-14-12-19(13-15(14)11-16)9-4-10-20-17-5-2-1-3-6-17/h1-3,5-8,11H,4,9-10,12-13H2. The Balaban J connectivity index is 1.43. The smallest absolute Gasteiger partial charge is 0.123 e. The fourth-order valence-electron chi connectivity index (χ4n) is 2.59. The summed E-state index contributed by atoms with van der Waals surface area (Å²) in [6.45, 7) is 3.45. The predicted molar refractivity (Wildman–Crippen MR) is 77.1 cm³/mol. The Morgan fingerprint density at radius 1 is 1.00 bits per heavy atom. The van der Waals surface area contributed by atoms with Gasteiger partial charge in [0.2, 0.25) is 0 Å². The van der Waals surface area contributed by atoms with Gasteiger partial charge in [0, 0.05) is 19.6 Å². The monoisotopic (exact) mass is 271 g/mol. The first-order chi connectivity index (χ1) is 9.81. The summed E-state index contributed by atoms with van der Waals surface area (Å²) in [4.78, 5) is 2.33.